The Morgan fingerprint density at radius 1 is 1.53 bits per heavy atom. The van der Waals surface area contributed by atoms with Gasteiger partial charge in [0.25, 0.3) is 0 Å². The van der Waals surface area contributed by atoms with E-state index in [-0.39, 0.29) is 10.6 Å². The molecule has 3 heteroatoms. The van der Waals surface area contributed by atoms with Crippen molar-refractivity contribution in [3.63, 3.8) is 0 Å². The molecule has 1 rings (SSSR count). The number of benzene rings is 1. The Balaban J connectivity index is 2.81. The number of hydrogen-bond acceptors (Lipinski definition) is 2. The standard InChI is InChI=1S/C14H16BrNO/c1-3-4-14(17)13(15)8-12-7-11(9-16)6-5-10(12)2/h5-7,13H,3-4,8H2,1-2H3. The maximum Gasteiger partial charge on any atom is 0.146 e. The van der Waals surface area contributed by atoms with Crippen molar-refractivity contribution in [2.24, 2.45) is 0 Å². The van der Waals surface area contributed by atoms with Crippen molar-refractivity contribution in [3.05, 3.63) is 34.9 Å². The van der Waals surface area contributed by atoms with Crippen LogP contribution in [0.4, 0.5) is 0 Å². The zero-order valence-electron chi connectivity index (χ0n) is 10.2. The van der Waals surface area contributed by atoms with Crippen LogP contribution in [0, 0.1) is 18.3 Å². The molecule has 17 heavy (non-hydrogen) atoms. The first-order chi connectivity index (χ1) is 8.08. The third-order valence-corrected chi connectivity index (χ3v) is 3.56. The molecule has 0 fully saturated rings. The normalized spacial score (nSPS) is 11.9. The lowest BCUT2D eigenvalue weighted by Crippen LogP contribution is -2.16. The van der Waals surface area contributed by atoms with Gasteiger partial charge in [0, 0.05) is 6.42 Å². The lowest BCUT2D eigenvalue weighted by atomic mass is 9.99. The summed E-state index contributed by atoms with van der Waals surface area (Å²) in [7, 11) is 0. The molecular formula is C14H16BrNO. The Kier molecular flexibility index (Phi) is 5.37. The fourth-order valence-corrected chi connectivity index (χ4v) is 2.25. The highest BCUT2D eigenvalue weighted by Gasteiger charge is 2.15. The third-order valence-electron chi connectivity index (χ3n) is 2.72. The van der Waals surface area contributed by atoms with Gasteiger partial charge in [-0.05, 0) is 43.0 Å². The number of Topliss-reactive ketones (excluding diaryl/α,β-unsaturated/α-hetero) is 1. The predicted octanol–water partition coefficient (Wildman–Crippen LogP) is 3.54. The van der Waals surface area contributed by atoms with Crippen LogP contribution in [0.2, 0.25) is 0 Å². The Bertz CT molecular complexity index is 448. The summed E-state index contributed by atoms with van der Waals surface area (Å²) >= 11 is 3.43. The number of nitrogens with zero attached hydrogens (tertiary/aromatic N) is 1. The smallest absolute Gasteiger partial charge is 0.146 e. The Hall–Kier alpha value is -1.14. The van der Waals surface area contributed by atoms with Crippen LogP contribution >= 0.6 is 15.9 Å². The molecule has 0 aromatic heterocycles. The van der Waals surface area contributed by atoms with Crippen molar-refractivity contribution >= 4 is 21.7 Å². The molecule has 0 spiro atoms. The van der Waals surface area contributed by atoms with Gasteiger partial charge in [0.15, 0.2) is 0 Å². The maximum atomic E-state index is 11.7. The first-order valence-corrected chi connectivity index (χ1v) is 6.66. The number of carbonyl (C=O) groups is 1. The summed E-state index contributed by atoms with van der Waals surface area (Å²) in [5, 5.41) is 8.85. The van der Waals surface area contributed by atoms with Gasteiger partial charge in [0.1, 0.15) is 5.78 Å². The summed E-state index contributed by atoms with van der Waals surface area (Å²) in [5.74, 6) is 0.231. The Labute approximate surface area is 111 Å². The number of halogens is 1. The van der Waals surface area contributed by atoms with Crippen molar-refractivity contribution in [1.82, 2.24) is 0 Å². The second-order valence-electron chi connectivity index (χ2n) is 4.14. The van der Waals surface area contributed by atoms with Crippen LogP contribution in [0.5, 0.6) is 0 Å². The second kappa shape index (κ2) is 6.56. The molecule has 0 saturated carbocycles. The van der Waals surface area contributed by atoms with E-state index >= 15 is 0 Å². The molecule has 0 saturated heterocycles. The van der Waals surface area contributed by atoms with Crippen LogP contribution in [-0.4, -0.2) is 10.6 Å². The summed E-state index contributed by atoms with van der Waals surface area (Å²) in [6.45, 7) is 4.00. The number of nitriles is 1. The Morgan fingerprint density at radius 3 is 2.82 bits per heavy atom. The van der Waals surface area contributed by atoms with Crippen LogP contribution in [-0.2, 0) is 11.2 Å². The molecule has 0 aliphatic carbocycles. The van der Waals surface area contributed by atoms with Crippen LogP contribution in [0.25, 0.3) is 0 Å². The van der Waals surface area contributed by atoms with Crippen LogP contribution < -0.4 is 0 Å². The van der Waals surface area contributed by atoms with E-state index < -0.39 is 0 Å². The highest BCUT2D eigenvalue weighted by atomic mass is 79.9. The minimum atomic E-state index is -0.143. The molecule has 0 amide bonds. The van der Waals surface area contributed by atoms with Gasteiger partial charge in [0.05, 0.1) is 16.5 Å². The van der Waals surface area contributed by atoms with Crippen molar-refractivity contribution in [3.8, 4) is 6.07 Å². The molecule has 1 atom stereocenters. The first kappa shape index (κ1) is 13.9. The lowest BCUT2D eigenvalue weighted by Gasteiger charge is -2.11. The second-order valence-corrected chi connectivity index (χ2v) is 5.25. The number of carbonyl (C=O) groups excluding carboxylic acids is 1. The average molecular weight is 294 g/mol. The van der Waals surface area contributed by atoms with Crippen molar-refractivity contribution in [2.75, 3.05) is 0 Å². The molecule has 0 N–H and O–H groups in total. The van der Waals surface area contributed by atoms with E-state index in [1.807, 2.05) is 26.0 Å². The topological polar surface area (TPSA) is 40.9 Å². The van der Waals surface area contributed by atoms with Gasteiger partial charge in [-0.2, -0.15) is 5.26 Å². The summed E-state index contributed by atoms with van der Waals surface area (Å²) in [5.41, 5.74) is 2.83. The summed E-state index contributed by atoms with van der Waals surface area (Å²) in [4.78, 5) is 11.6. The van der Waals surface area contributed by atoms with Gasteiger partial charge in [-0.1, -0.05) is 28.9 Å². The molecule has 0 bridgehead atoms. The van der Waals surface area contributed by atoms with Crippen LogP contribution in [0.1, 0.15) is 36.5 Å². The molecule has 1 aromatic carbocycles. The molecule has 0 aliphatic heterocycles. The number of ketones is 1. The summed E-state index contributed by atoms with van der Waals surface area (Å²) in [6, 6.07) is 7.72. The van der Waals surface area contributed by atoms with Crippen molar-refractivity contribution in [1.29, 1.82) is 5.26 Å². The monoisotopic (exact) mass is 293 g/mol. The van der Waals surface area contributed by atoms with E-state index in [4.69, 9.17) is 5.26 Å². The molecular weight excluding hydrogens is 278 g/mol. The predicted molar refractivity (Wildman–Crippen MR) is 72.2 cm³/mol. The van der Waals surface area contributed by atoms with Gasteiger partial charge in [-0.3, -0.25) is 4.79 Å². The van der Waals surface area contributed by atoms with E-state index in [1.54, 1.807) is 6.07 Å². The molecule has 2 nitrogen and oxygen atoms in total. The van der Waals surface area contributed by atoms with E-state index in [0.29, 0.717) is 18.4 Å². The van der Waals surface area contributed by atoms with Crippen molar-refractivity contribution in [2.45, 2.75) is 37.9 Å². The molecule has 0 aliphatic rings. The van der Waals surface area contributed by atoms with Crippen LogP contribution in [0.15, 0.2) is 18.2 Å². The minimum Gasteiger partial charge on any atom is -0.298 e. The van der Waals surface area contributed by atoms with Gasteiger partial charge >= 0.3 is 0 Å². The zero-order chi connectivity index (χ0) is 12.8. The third kappa shape index (κ3) is 3.98. The largest absolute Gasteiger partial charge is 0.298 e. The molecule has 90 valence electrons. The fourth-order valence-electron chi connectivity index (χ4n) is 1.67. The first-order valence-electron chi connectivity index (χ1n) is 5.75. The highest BCUT2D eigenvalue weighted by Crippen LogP contribution is 2.18. The van der Waals surface area contributed by atoms with E-state index in [2.05, 4.69) is 22.0 Å². The number of aryl methyl sites for hydroxylation is 1. The van der Waals surface area contributed by atoms with Crippen molar-refractivity contribution < 1.29 is 4.79 Å². The molecule has 1 unspecified atom stereocenters. The lowest BCUT2D eigenvalue weighted by molar-refractivity contribution is -0.118. The van der Waals surface area contributed by atoms with E-state index in [0.717, 1.165) is 17.5 Å². The maximum absolute atomic E-state index is 11.7. The van der Waals surface area contributed by atoms with E-state index in [9.17, 15) is 4.79 Å². The Morgan fingerprint density at radius 2 is 2.24 bits per heavy atom. The highest BCUT2D eigenvalue weighted by molar-refractivity contribution is 9.10. The molecule has 1 aromatic rings. The zero-order valence-corrected chi connectivity index (χ0v) is 11.8. The fraction of sp³-hybridized carbons (Fsp3) is 0.429. The number of hydrogen-bond donors (Lipinski definition) is 0. The van der Waals surface area contributed by atoms with Crippen LogP contribution in [0.3, 0.4) is 0 Å². The van der Waals surface area contributed by atoms with Gasteiger partial charge in [-0.15, -0.1) is 0 Å². The quantitative estimate of drug-likeness (QED) is 0.779. The van der Waals surface area contributed by atoms with E-state index in [1.165, 1.54) is 0 Å². The minimum absolute atomic E-state index is 0.143. The number of rotatable bonds is 5. The molecule has 0 heterocycles. The van der Waals surface area contributed by atoms with Gasteiger partial charge < -0.3 is 0 Å². The van der Waals surface area contributed by atoms with Gasteiger partial charge in [0.2, 0.25) is 0 Å². The average Bonchev–Trinajstić information content (AvgIpc) is 2.32. The summed E-state index contributed by atoms with van der Waals surface area (Å²) in [6.07, 6.45) is 2.13. The van der Waals surface area contributed by atoms with Gasteiger partial charge in [-0.25, -0.2) is 0 Å². The number of alkyl halides is 1. The molecule has 0 radical (unpaired) electrons. The summed E-state index contributed by atoms with van der Waals surface area (Å²) < 4.78 is 0. The SMILES string of the molecule is CCCC(=O)C(Br)Cc1cc(C#N)ccc1C.